The Hall–Kier alpha value is -1.74. The number of carbonyl (C=O) groups excluding carboxylic acids is 2. The second kappa shape index (κ2) is 32.4. The molecule has 1 aliphatic heterocycles. The van der Waals surface area contributed by atoms with Crippen LogP contribution in [0, 0.1) is 46.3 Å². The summed E-state index contributed by atoms with van der Waals surface area (Å²) in [5.41, 5.74) is 2.25. The highest BCUT2D eigenvalue weighted by molar-refractivity contribution is 5.77. The van der Waals surface area contributed by atoms with Crippen LogP contribution in [-0.2, 0) is 33.3 Å². The monoisotopic (exact) mass is 966 g/mol. The van der Waals surface area contributed by atoms with Crippen LogP contribution in [0.2, 0.25) is 0 Å². The van der Waals surface area contributed by atoms with Gasteiger partial charge in [0.15, 0.2) is 0 Å². The highest BCUT2D eigenvalue weighted by atomic mass is 16.7. The molecule has 0 spiro atoms. The summed E-state index contributed by atoms with van der Waals surface area (Å²) in [6, 6.07) is 0. The minimum atomic E-state index is -0.347. The molecule has 3 saturated carbocycles. The molecule has 0 bridgehead atoms. The van der Waals surface area contributed by atoms with Gasteiger partial charge in [0.25, 0.3) is 0 Å². The molecule has 0 N–H and O–H groups in total. The molecule has 1 unspecified atom stereocenters. The van der Waals surface area contributed by atoms with Gasteiger partial charge in [-0.2, -0.15) is 0 Å². The van der Waals surface area contributed by atoms with Gasteiger partial charge in [0.05, 0.1) is 38.8 Å². The molecule has 69 heavy (non-hydrogen) atoms. The normalized spacial score (nSPS) is 28.0. The summed E-state index contributed by atoms with van der Waals surface area (Å²) in [6.45, 7) is 20.1. The number of rotatable bonds is 36. The number of ether oxygens (including phenoxy) is 5. The van der Waals surface area contributed by atoms with Crippen molar-refractivity contribution in [3.63, 3.8) is 0 Å². The largest absolute Gasteiger partial charge is 0.466 e. The number of hydrogen-bond acceptors (Lipinski definition) is 8. The Labute approximate surface area is 424 Å². The first-order valence-corrected chi connectivity index (χ1v) is 29.7. The first-order chi connectivity index (χ1) is 33.5. The summed E-state index contributed by atoms with van der Waals surface area (Å²) >= 11 is 0. The summed E-state index contributed by atoms with van der Waals surface area (Å²) in [7, 11) is 0. The minimum absolute atomic E-state index is 0.0523. The summed E-state index contributed by atoms with van der Waals surface area (Å²) in [5.74, 6) is 4.28. The summed E-state index contributed by atoms with van der Waals surface area (Å²) in [6.07, 6.45) is 43.7. The number of carbonyl (C=O) groups is 2. The Kier molecular flexibility index (Phi) is 27.3. The third-order valence-corrected chi connectivity index (χ3v) is 18.2. The van der Waals surface area contributed by atoms with Gasteiger partial charge < -0.3 is 28.6 Å². The number of nitrogens with zero attached hydrogens (tertiary/aromatic N) is 1. The van der Waals surface area contributed by atoms with Crippen LogP contribution in [0.15, 0.2) is 23.8 Å². The number of allylic oxidation sites excluding steroid dienone is 3. The second-order valence-corrected chi connectivity index (χ2v) is 23.9. The van der Waals surface area contributed by atoms with E-state index in [-0.39, 0.29) is 49.0 Å². The van der Waals surface area contributed by atoms with Crippen LogP contribution in [0.4, 0.5) is 0 Å². The predicted molar refractivity (Wildman–Crippen MR) is 284 cm³/mol. The number of unbranched alkanes of at least 4 members (excludes halogenated alkanes) is 12. The van der Waals surface area contributed by atoms with Gasteiger partial charge in [-0.05, 0) is 149 Å². The molecule has 0 radical (unpaired) electrons. The molecule has 1 saturated heterocycles. The Morgan fingerprint density at radius 3 is 2.17 bits per heavy atom. The standard InChI is InChI=1S/C61H107NO7/c1-7-8-9-10-11-12-13-14-15-16-17-18-19-20-21-25-42-65-48-66-47-53(46-62-40-23-22-24-41-62)67-43-27-44-68-58(63)34-35-59(64)69-52-36-38-60(5)51(45-52)30-31-54-56-33-32-55(50(4)29-26-28-49(2)3)61(56,6)39-37-57(54)60/h14-15,30,49-50,52-57H,7-13,16-29,31-48H2,1-6H3/t50-,52-,53?,54-,55+,56+,57+,60-,61+/m0/s1. The Bertz CT molecular complexity index is 1470. The van der Waals surface area contributed by atoms with Crippen LogP contribution in [-0.4, -0.2) is 81.9 Å². The van der Waals surface area contributed by atoms with E-state index in [4.69, 9.17) is 23.7 Å². The Balaban J connectivity index is 0.890. The van der Waals surface area contributed by atoms with Gasteiger partial charge in [0.1, 0.15) is 12.9 Å². The summed E-state index contributed by atoms with van der Waals surface area (Å²) in [4.78, 5) is 28.2. The first kappa shape index (κ1) is 58.2. The molecule has 1 heterocycles. The van der Waals surface area contributed by atoms with Crippen molar-refractivity contribution < 1.29 is 33.3 Å². The van der Waals surface area contributed by atoms with Crippen molar-refractivity contribution in [2.24, 2.45) is 46.3 Å². The van der Waals surface area contributed by atoms with Gasteiger partial charge in [0, 0.05) is 26.0 Å². The Morgan fingerprint density at radius 1 is 0.725 bits per heavy atom. The summed E-state index contributed by atoms with van der Waals surface area (Å²) < 4.78 is 29.6. The molecule has 9 atom stereocenters. The van der Waals surface area contributed by atoms with E-state index in [1.165, 1.54) is 160 Å². The quantitative estimate of drug-likeness (QED) is 0.0266. The molecule has 4 aliphatic carbocycles. The maximum absolute atomic E-state index is 13.0. The molecule has 0 amide bonds. The molecule has 0 aromatic heterocycles. The second-order valence-electron chi connectivity index (χ2n) is 23.9. The zero-order valence-electron chi connectivity index (χ0n) is 45.7. The lowest BCUT2D eigenvalue weighted by Gasteiger charge is -2.58. The highest BCUT2D eigenvalue weighted by Gasteiger charge is 2.59. The van der Waals surface area contributed by atoms with Crippen LogP contribution in [0.5, 0.6) is 0 Å². The number of fused-ring (bicyclic) bond motifs is 5. The van der Waals surface area contributed by atoms with Gasteiger partial charge in [0.2, 0.25) is 0 Å². The zero-order chi connectivity index (χ0) is 49.2. The van der Waals surface area contributed by atoms with Crippen molar-refractivity contribution in [1.29, 1.82) is 0 Å². The molecule has 4 fully saturated rings. The van der Waals surface area contributed by atoms with Crippen molar-refractivity contribution in [2.45, 2.75) is 253 Å². The molecule has 5 rings (SSSR count). The molecule has 8 heteroatoms. The molecule has 8 nitrogen and oxygen atoms in total. The first-order valence-electron chi connectivity index (χ1n) is 29.7. The van der Waals surface area contributed by atoms with Crippen molar-refractivity contribution in [2.75, 3.05) is 52.9 Å². The minimum Gasteiger partial charge on any atom is -0.466 e. The fourth-order valence-electron chi connectivity index (χ4n) is 14.1. The lowest BCUT2D eigenvalue weighted by atomic mass is 9.47. The average Bonchev–Trinajstić information content (AvgIpc) is 3.70. The summed E-state index contributed by atoms with van der Waals surface area (Å²) in [5, 5.41) is 0. The highest BCUT2D eigenvalue weighted by Crippen LogP contribution is 2.67. The smallest absolute Gasteiger partial charge is 0.306 e. The SMILES string of the molecule is CCCCCCCCC=CCCCCCCCCOCOCC(CN1CCCCC1)OCCCOC(=O)CCC(=O)O[C@H]1CC[C@@]2(C)C(=CC[C@H]3[C@H]4CC[C@H]([C@@H](C)CCCC(C)C)[C@@]4(C)CC[C@H]32)C1. The Morgan fingerprint density at radius 2 is 1.43 bits per heavy atom. The molecule has 0 aromatic rings. The van der Waals surface area contributed by atoms with Crippen molar-refractivity contribution in [3.8, 4) is 0 Å². The lowest BCUT2D eigenvalue weighted by molar-refractivity contribution is -0.155. The van der Waals surface area contributed by atoms with E-state index in [0.717, 1.165) is 87.4 Å². The van der Waals surface area contributed by atoms with Crippen molar-refractivity contribution >= 4 is 11.9 Å². The van der Waals surface area contributed by atoms with E-state index in [0.29, 0.717) is 31.8 Å². The van der Waals surface area contributed by atoms with E-state index in [1.54, 1.807) is 0 Å². The van der Waals surface area contributed by atoms with E-state index < -0.39 is 0 Å². The van der Waals surface area contributed by atoms with Crippen LogP contribution in [0.1, 0.15) is 241 Å². The number of likely N-dealkylation sites (tertiary alicyclic amines) is 1. The van der Waals surface area contributed by atoms with Gasteiger partial charge in [-0.25, -0.2) is 0 Å². The molecule has 5 aliphatic rings. The van der Waals surface area contributed by atoms with Crippen LogP contribution in [0.3, 0.4) is 0 Å². The van der Waals surface area contributed by atoms with Crippen LogP contribution < -0.4 is 0 Å². The average molecular weight is 967 g/mol. The predicted octanol–water partition coefficient (Wildman–Crippen LogP) is 15.6. The maximum Gasteiger partial charge on any atom is 0.306 e. The third-order valence-electron chi connectivity index (χ3n) is 18.2. The molecular weight excluding hydrogens is 859 g/mol. The fourth-order valence-corrected chi connectivity index (χ4v) is 14.1. The zero-order valence-corrected chi connectivity index (χ0v) is 45.7. The van der Waals surface area contributed by atoms with Crippen LogP contribution in [0.25, 0.3) is 0 Å². The van der Waals surface area contributed by atoms with Gasteiger partial charge in [-0.3, -0.25) is 9.59 Å². The number of esters is 2. The van der Waals surface area contributed by atoms with Crippen molar-refractivity contribution in [1.82, 2.24) is 4.90 Å². The molecular formula is C61H107NO7. The topological polar surface area (TPSA) is 83.5 Å². The fraction of sp³-hybridized carbons (Fsp3) is 0.902. The van der Waals surface area contributed by atoms with Crippen molar-refractivity contribution in [3.05, 3.63) is 23.8 Å². The van der Waals surface area contributed by atoms with Gasteiger partial charge >= 0.3 is 11.9 Å². The van der Waals surface area contributed by atoms with Gasteiger partial charge in [-0.15, -0.1) is 0 Å². The van der Waals surface area contributed by atoms with Crippen LogP contribution >= 0.6 is 0 Å². The maximum atomic E-state index is 13.0. The van der Waals surface area contributed by atoms with Gasteiger partial charge in [-0.1, -0.05) is 149 Å². The molecule has 0 aromatic carbocycles. The van der Waals surface area contributed by atoms with E-state index in [9.17, 15) is 9.59 Å². The molecule has 398 valence electrons. The number of hydrogen-bond donors (Lipinski definition) is 0. The van der Waals surface area contributed by atoms with E-state index in [1.807, 2.05) is 0 Å². The number of piperidine rings is 1. The van der Waals surface area contributed by atoms with E-state index in [2.05, 4.69) is 64.7 Å². The lowest BCUT2D eigenvalue weighted by Crippen LogP contribution is -2.51. The van der Waals surface area contributed by atoms with E-state index >= 15 is 0 Å². The third kappa shape index (κ3) is 19.9.